The Balaban J connectivity index is 1.73. The number of rotatable bonds is 7. The summed E-state index contributed by atoms with van der Waals surface area (Å²) < 4.78 is 23.0. The first-order valence-electron chi connectivity index (χ1n) is 8.61. The van der Waals surface area contributed by atoms with E-state index >= 15 is 0 Å². The largest absolute Gasteiger partial charge is 0.493 e. The van der Waals surface area contributed by atoms with E-state index in [4.69, 9.17) is 13.9 Å². The summed E-state index contributed by atoms with van der Waals surface area (Å²) in [6.07, 6.45) is 1.43. The Kier molecular flexibility index (Phi) is 7.74. The number of ether oxygens (including phenoxy) is 3. The van der Waals surface area contributed by atoms with Gasteiger partial charge in [0, 0.05) is 9.86 Å². The molecule has 0 unspecified atom stereocenters. The molecule has 1 amide bonds. The van der Waals surface area contributed by atoms with E-state index < -0.39 is 11.9 Å². The average Bonchev–Trinajstić information content (AvgIpc) is 3.16. The zero-order chi connectivity index (χ0) is 22.5. The minimum absolute atomic E-state index is 0.122. The predicted octanol–water partition coefficient (Wildman–Crippen LogP) is 5.04. The fourth-order valence-electron chi connectivity index (χ4n) is 2.55. The molecular weight excluding hydrogens is 604 g/mol. The Bertz CT molecular complexity index is 1180. The molecule has 0 atom stereocenters. The standard InChI is InChI=1S/C20H15Br3N2O6/c1-28-15-4-10(3-13(22)19(15)30-9-17(26)29-2)8-24-25-20(27)16-6-11-5-12(21)7-14(23)18(11)31-16/h3-8H,9H2,1-2H3,(H,25,27)/b24-8-. The zero-order valence-electron chi connectivity index (χ0n) is 16.2. The molecule has 1 heterocycles. The average molecular weight is 619 g/mol. The maximum Gasteiger partial charge on any atom is 0.343 e. The molecule has 0 spiro atoms. The highest BCUT2D eigenvalue weighted by Crippen LogP contribution is 2.36. The molecule has 0 fully saturated rings. The molecule has 0 aliphatic rings. The van der Waals surface area contributed by atoms with Crippen LogP contribution in [-0.4, -0.2) is 38.9 Å². The van der Waals surface area contributed by atoms with Crippen molar-refractivity contribution in [1.29, 1.82) is 0 Å². The Hall–Kier alpha value is -2.37. The highest BCUT2D eigenvalue weighted by atomic mass is 79.9. The van der Waals surface area contributed by atoms with Gasteiger partial charge in [-0.25, -0.2) is 10.2 Å². The number of esters is 1. The molecular formula is C20H15Br3N2O6. The van der Waals surface area contributed by atoms with E-state index in [-0.39, 0.29) is 12.4 Å². The molecule has 162 valence electrons. The van der Waals surface area contributed by atoms with Crippen molar-refractivity contribution in [3.63, 3.8) is 0 Å². The van der Waals surface area contributed by atoms with Crippen LogP contribution in [0.3, 0.4) is 0 Å². The van der Waals surface area contributed by atoms with Gasteiger partial charge in [0.25, 0.3) is 0 Å². The molecule has 0 radical (unpaired) electrons. The lowest BCUT2D eigenvalue weighted by atomic mass is 10.2. The first kappa shape index (κ1) is 23.3. The van der Waals surface area contributed by atoms with Crippen molar-refractivity contribution in [1.82, 2.24) is 5.43 Å². The number of hydrazone groups is 1. The maximum atomic E-state index is 12.4. The van der Waals surface area contributed by atoms with E-state index in [1.807, 2.05) is 12.1 Å². The summed E-state index contributed by atoms with van der Waals surface area (Å²) in [4.78, 5) is 23.7. The highest BCUT2D eigenvalue weighted by Gasteiger charge is 2.15. The van der Waals surface area contributed by atoms with Crippen molar-refractivity contribution in [2.45, 2.75) is 0 Å². The second-order valence-electron chi connectivity index (χ2n) is 6.01. The minimum atomic E-state index is -0.521. The molecule has 0 saturated heterocycles. The van der Waals surface area contributed by atoms with Gasteiger partial charge in [0.05, 0.1) is 29.4 Å². The van der Waals surface area contributed by atoms with Gasteiger partial charge < -0.3 is 18.6 Å². The van der Waals surface area contributed by atoms with Gasteiger partial charge in [-0.15, -0.1) is 0 Å². The van der Waals surface area contributed by atoms with Crippen LogP contribution >= 0.6 is 47.8 Å². The van der Waals surface area contributed by atoms with Gasteiger partial charge in [0.1, 0.15) is 5.58 Å². The second-order valence-corrected chi connectivity index (χ2v) is 8.64. The van der Waals surface area contributed by atoms with Crippen LogP contribution in [0.25, 0.3) is 11.0 Å². The molecule has 2 aromatic carbocycles. The summed E-state index contributed by atoms with van der Waals surface area (Å²) in [5, 5.41) is 4.73. The molecule has 1 N–H and O–H groups in total. The summed E-state index contributed by atoms with van der Waals surface area (Å²) in [7, 11) is 2.74. The van der Waals surface area contributed by atoms with Crippen LogP contribution in [0.15, 0.2) is 53.3 Å². The lowest BCUT2D eigenvalue weighted by Crippen LogP contribution is -2.16. The maximum absolute atomic E-state index is 12.4. The summed E-state index contributed by atoms with van der Waals surface area (Å²) in [5.74, 6) is -0.185. The summed E-state index contributed by atoms with van der Waals surface area (Å²) in [5.41, 5.74) is 3.60. The van der Waals surface area contributed by atoms with E-state index in [0.717, 1.165) is 14.3 Å². The molecule has 31 heavy (non-hydrogen) atoms. The number of hydrogen-bond donors (Lipinski definition) is 1. The third-order valence-corrected chi connectivity index (χ3v) is 5.59. The van der Waals surface area contributed by atoms with Gasteiger partial charge in [0.15, 0.2) is 23.9 Å². The van der Waals surface area contributed by atoms with Crippen molar-refractivity contribution in [3.8, 4) is 11.5 Å². The van der Waals surface area contributed by atoms with Crippen molar-refractivity contribution in [3.05, 3.63) is 55.1 Å². The predicted molar refractivity (Wildman–Crippen MR) is 125 cm³/mol. The number of halogens is 3. The molecule has 0 bridgehead atoms. The van der Waals surface area contributed by atoms with Crippen molar-refractivity contribution in [2.75, 3.05) is 20.8 Å². The van der Waals surface area contributed by atoms with Gasteiger partial charge in [-0.1, -0.05) is 15.9 Å². The first-order valence-corrected chi connectivity index (χ1v) is 11.0. The Labute approximate surface area is 202 Å². The second kappa shape index (κ2) is 10.3. The van der Waals surface area contributed by atoms with Crippen molar-refractivity contribution >= 4 is 76.9 Å². The van der Waals surface area contributed by atoms with Crippen molar-refractivity contribution in [2.24, 2.45) is 5.10 Å². The molecule has 3 rings (SSSR count). The van der Waals surface area contributed by atoms with Crippen LogP contribution < -0.4 is 14.9 Å². The van der Waals surface area contributed by atoms with Crippen LogP contribution in [0.1, 0.15) is 16.1 Å². The van der Waals surface area contributed by atoms with E-state index in [9.17, 15) is 9.59 Å². The van der Waals surface area contributed by atoms with Crippen molar-refractivity contribution < 1.29 is 28.2 Å². The third kappa shape index (κ3) is 5.66. The first-order chi connectivity index (χ1) is 14.8. The smallest absolute Gasteiger partial charge is 0.343 e. The topological polar surface area (TPSA) is 99.4 Å². The Morgan fingerprint density at radius 1 is 1.10 bits per heavy atom. The number of methoxy groups -OCH3 is 2. The van der Waals surface area contributed by atoms with Gasteiger partial charge in [-0.05, 0) is 67.8 Å². The van der Waals surface area contributed by atoms with Gasteiger partial charge >= 0.3 is 11.9 Å². The monoisotopic (exact) mass is 616 g/mol. The van der Waals surface area contributed by atoms with E-state index in [2.05, 4.69) is 63.1 Å². The normalized spacial score (nSPS) is 11.0. The molecule has 11 heteroatoms. The van der Waals surface area contributed by atoms with Gasteiger partial charge in [-0.2, -0.15) is 5.10 Å². The van der Waals surface area contributed by atoms with E-state index in [1.165, 1.54) is 20.4 Å². The van der Waals surface area contributed by atoms with E-state index in [0.29, 0.717) is 27.1 Å². The van der Waals surface area contributed by atoms with Crippen LogP contribution in [0.5, 0.6) is 11.5 Å². The number of nitrogens with one attached hydrogen (secondary N) is 1. The molecule has 0 saturated carbocycles. The van der Waals surface area contributed by atoms with E-state index in [1.54, 1.807) is 18.2 Å². The number of carbonyl (C=O) groups is 2. The number of benzene rings is 2. The van der Waals surface area contributed by atoms with Crippen LogP contribution in [0.4, 0.5) is 0 Å². The quantitative estimate of drug-likeness (QED) is 0.226. The number of fused-ring (bicyclic) bond motifs is 1. The van der Waals surface area contributed by atoms with Gasteiger partial charge in [-0.3, -0.25) is 4.79 Å². The van der Waals surface area contributed by atoms with Gasteiger partial charge in [0.2, 0.25) is 0 Å². The van der Waals surface area contributed by atoms with Crippen LogP contribution in [0, 0.1) is 0 Å². The lowest BCUT2D eigenvalue weighted by Gasteiger charge is -2.12. The summed E-state index contributed by atoms with van der Waals surface area (Å²) >= 11 is 10.2. The number of hydrogen-bond acceptors (Lipinski definition) is 7. The SMILES string of the molecule is COC(=O)COc1c(Br)cc(/C=N\NC(=O)c2cc3cc(Br)cc(Br)c3o2)cc1OC. The zero-order valence-corrected chi connectivity index (χ0v) is 21.0. The van der Waals surface area contributed by atoms with Crippen LogP contribution in [-0.2, 0) is 9.53 Å². The Morgan fingerprint density at radius 3 is 2.58 bits per heavy atom. The molecule has 0 aliphatic heterocycles. The molecule has 3 aromatic rings. The Morgan fingerprint density at radius 2 is 1.87 bits per heavy atom. The third-order valence-electron chi connectivity index (χ3n) is 3.95. The molecule has 1 aromatic heterocycles. The number of nitrogens with zero attached hydrogens (tertiary/aromatic N) is 1. The van der Waals surface area contributed by atoms with Crippen LogP contribution in [0.2, 0.25) is 0 Å². The highest BCUT2D eigenvalue weighted by molar-refractivity contribution is 9.11. The lowest BCUT2D eigenvalue weighted by molar-refractivity contribution is -0.142. The summed E-state index contributed by atoms with van der Waals surface area (Å²) in [6, 6.07) is 8.64. The fourth-order valence-corrected chi connectivity index (χ4v) is 4.47. The summed E-state index contributed by atoms with van der Waals surface area (Å²) in [6.45, 7) is -0.265. The number of amides is 1. The molecule has 8 nitrogen and oxygen atoms in total. The molecule has 0 aliphatic carbocycles. The fraction of sp³-hybridized carbons (Fsp3) is 0.150. The number of furan rings is 1. The minimum Gasteiger partial charge on any atom is -0.493 e. The number of carbonyl (C=O) groups excluding carboxylic acids is 2.